The largest absolute Gasteiger partial charge is 0.103 e. The molecule has 0 nitrogen and oxygen atoms in total. The van der Waals surface area contributed by atoms with Gasteiger partial charge in [-0.1, -0.05) is 134 Å². The summed E-state index contributed by atoms with van der Waals surface area (Å²) in [6.07, 6.45) is 2.95. The van der Waals surface area contributed by atoms with E-state index < -0.39 is 0 Å². The highest BCUT2D eigenvalue weighted by atomic mass is 14.3. The normalized spacial score (nSPS) is 10.6. The molecule has 0 atom stereocenters. The lowest BCUT2D eigenvalue weighted by molar-refractivity contribution is 0.581. The van der Waals surface area contributed by atoms with Gasteiger partial charge in [0.25, 0.3) is 0 Å². The van der Waals surface area contributed by atoms with Crippen LogP contribution < -0.4 is 0 Å². The van der Waals surface area contributed by atoms with Gasteiger partial charge in [0.15, 0.2) is 0 Å². The van der Waals surface area contributed by atoms with E-state index >= 15 is 0 Å². The summed E-state index contributed by atoms with van der Waals surface area (Å²) in [4.78, 5) is 0. The molecule has 0 radical (unpaired) electrons. The molecule has 0 aliphatic rings. The van der Waals surface area contributed by atoms with Gasteiger partial charge < -0.3 is 0 Å². The Kier molecular flexibility index (Phi) is 7.40. The first-order chi connectivity index (χ1) is 14.6. The summed E-state index contributed by atoms with van der Waals surface area (Å²) in [6.45, 7) is 8.28. The van der Waals surface area contributed by atoms with Crippen molar-refractivity contribution in [2.45, 2.75) is 25.7 Å². The number of hydrogen-bond donors (Lipinski definition) is 0. The van der Waals surface area contributed by atoms with Gasteiger partial charge in [-0.2, -0.15) is 0 Å². The van der Waals surface area contributed by atoms with E-state index in [0.29, 0.717) is 0 Å². The van der Waals surface area contributed by atoms with Crippen LogP contribution >= 0.6 is 0 Å². The van der Waals surface area contributed by atoms with Crippen molar-refractivity contribution in [3.63, 3.8) is 0 Å². The van der Waals surface area contributed by atoms with Crippen LogP contribution in [0.5, 0.6) is 0 Å². The van der Waals surface area contributed by atoms with Gasteiger partial charge in [-0.3, -0.25) is 0 Å². The van der Waals surface area contributed by atoms with Crippen LogP contribution in [0.15, 0.2) is 128 Å². The second-order valence-electron chi connectivity index (χ2n) is 7.79. The molecular weight excluding hydrogens is 360 g/mol. The SMILES string of the molecule is C=CCC(C)(c1ccccc1)c1ccccc1.Cc1ccc(-c2ccccc2)cc1. The Morgan fingerprint density at radius 1 is 0.600 bits per heavy atom. The summed E-state index contributed by atoms with van der Waals surface area (Å²) in [5.41, 5.74) is 6.56. The van der Waals surface area contributed by atoms with Crippen LogP contribution in [-0.2, 0) is 5.41 Å². The van der Waals surface area contributed by atoms with Crippen LogP contribution in [0, 0.1) is 6.92 Å². The number of hydrogen-bond acceptors (Lipinski definition) is 0. The molecular formula is C30H30. The first-order valence-electron chi connectivity index (χ1n) is 10.5. The fraction of sp³-hybridized carbons (Fsp3) is 0.133. The Bertz CT molecular complexity index is 974. The molecule has 150 valence electrons. The highest BCUT2D eigenvalue weighted by Gasteiger charge is 2.26. The van der Waals surface area contributed by atoms with E-state index in [1.54, 1.807) is 0 Å². The fourth-order valence-electron chi connectivity index (χ4n) is 3.68. The summed E-state index contributed by atoms with van der Waals surface area (Å²) in [5.74, 6) is 0. The molecule has 4 rings (SSSR count). The van der Waals surface area contributed by atoms with Crippen LogP contribution in [-0.4, -0.2) is 0 Å². The summed E-state index contributed by atoms with van der Waals surface area (Å²) < 4.78 is 0. The number of rotatable bonds is 5. The van der Waals surface area contributed by atoms with Crippen LogP contribution in [0.4, 0.5) is 0 Å². The van der Waals surface area contributed by atoms with Crippen molar-refractivity contribution in [1.82, 2.24) is 0 Å². The topological polar surface area (TPSA) is 0 Å². The third kappa shape index (κ3) is 5.36. The molecule has 0 amide bonds. The maximum atomic E-state index is 3.90. The van der Waals surface area contributed by atoms with Crippen molar-refractivity contribution >= 4 is 0 Å². The Labute approximate surface area is 181 Å². The predicted molar refractivity (Wildman–Crippen MR) is 131 cm³/mol. The van der Waals surface area contributed by atoms with Gasteiger partial charge in [0, 0.05) is 5.41 Å². The molecule has 0 saturated heterocycles. The first-order valence-corrected chi connectivity index (χ1v) is 10.5. The molecule has 0 N–H and O–H groups in total. The predicted octanol–water partition coefficient (Wildman–Crippen LogP) is 8.23. The van der Waals surface area contributed by atoms with Gasteiger partial charge in [-0.25, -0.2) is 0 Å². The van der Waals surface area contributed by atoms with E-state index in [1.165, 1.54) is 27.8 Å². The van der Waals surface area contributed by atoms with Gasteiger partial charge in [0.05, 0.1) is 0 Å². The number of allylic oxidation sites excluding steroid dienone is 1. The van der Waals surface area contributed by atoms with E-state index in [1.807, 2.05) is 12.1 Å². The molecule has 0 saturated carbocycles. The minimum Gasteiger partial charge on any atom is -0.103 e. The Hall–Kier alpha value is -3.38. The minimum absolute atomic E-state index is 0.0181. The fourth-order valence-corrected chi connectivity index (χ4v) is 3.68. The van der Waals surface area contributed by atoms with Crippen LogP contribution in [0.3, 0.4) is 0 Å². The molecule has 0 aliphatic carbocycles. The van der Waals surface area contributed by atoms with Crippen molar-refractivity contribution in [2.24, 2.45) is 0 Å². The van der Waals surface area contributed by atoms with Gasteiger partial charge in [0.1, 0.15) is 0 Å². The van der Waals surface area contributed by atoms with Crippen LogP contribution in [0.2, 0.25) is 0 Å². The van der Waals surface area contributed by atoms with E-state index in [2.05, 4.69) is 130 Å². The van der Waals surface area contributed by atoms with Gasteiger partial charge in [0.2, 0.25) is 0 Å². The molecule has 0 spiro atoms. The van der Waals surface area contributed by atoms with E-state index in [0.717, 1.165) is 6.42 Å². The summed E-state index contributed by atoms with van der Waals surface area (Å²) in [7, 11) is 0. The smallest absolute Gasteiger partial charge is 0.0209 e. The summed E-state index contributed by atoms with van der Waals surface area (Å²) in [5, 5.41) is 0. The molecule has 0 aromatic heterocycles. The second-order valence-corrected chi connectivity index (χ2v) is 7.79. The van der Waals surface area contributed by atoms with Crippen molar-refractivity contribution in [3.05, 3.63) is 145 Å². The Morgan fingerprint density at radius 3 is 1.43 bits per heavy atom. The van der Waals surface area contributed by atoms with Gasteiger partial charge >= 0.3 is 0 Å². The average Bonchev–Trinajstić information content (AvgIpc) is 2.82. The number of benzene rings is 4. The average molecular weight is 391 g/mol. The third-order valence-electron chi connectivity index (χ3n) is 5.53. The molecule has 4 aromatic carbocycles. The van der Waals surface area contributed by atoms with Gasteiger partial charge in [-0.15, -0.1) is 6.58 Å². The Balaban J connectivity index is 0.000000177. The zero-order valence-electron chi connectivity index (χ0n) is 18.0. The quantitative estimate of drug-likeness (QED) is 0.301. The van der Waals surface area contributed by atoms with E-state index in [4.69, 9.17) is 0 Å². The maximum Gasteiger partial charge on any atom is 0.0209 e. The lowest BCUT2D eigenvalue weighted by atomic mass is 9.74. The second kappa shape index (κ2) is 10.4. The van der Waals surface area contributed by atoms with Crippen molar-refractivity contribution in [2.75, 3.05) is 0 Å². The minimum atomic E-state index is 0.0181. The molecule has 0 heterocycles. The van der Waals surface area contributed by atoms with Crippen molar-refractivity contribution in [1.29, 1.82) is 0 Å². The zero-order valence-corrected chi connectivity index (χ0v) is 18.0. The third-order valence-corrected chi connectivity index (χ3v) is 5.53. The van der Waals surface area contributed by atoms with Gasteiger partial charge in [-0.05, 0) is 35.6 Å². The van der Waals surface area contributed by atoms with Crippen molar-refractivity contribution < 1.29 is 0 Å². The maximum absolute atomic E-state index is 3.90. The molecule has 4 aromatic rings. The molecule has 0 fully saturated rings. The summed E-state index contributed by atoms with van der Waals surface area (Å²) >= 11 is 0. The van der Waals surface area contributed by atoms with Crippen molar-refractivity contribution in [3.8, 4) is 11.1 Å². The number of aryl methyl sites for hydroxylation is 1. The van der Waals surface area contributed by atoms with E-state index in [-0.39, 0.29) is 5.41 Å². The first kappa shape index (κ1) is 21.3. The van der Waals surface area contributed by atoms with Crippen LogP contribution in [0.25, 0.3) is 11.1 Å². The Morgan fingerprint density at radius 2 is 1.00 bits per heavy atom. The zero-order chi connectivity index (χ0) is 21.2. The van der Waals surface area contributed by atoms with Crippen LogP contribution in [0.1, 0.15) is 30.0 Å². The molecule has 0 aliphatic heterocycles. The highest BCUT2D eigenvalue weighted by molar-refractivity contribution is 5.63. The monoisotopic (exact) mass is 390 g/mol. The van der Waals surface area contributed by atoms with E-state index in [9.17, 15) is 0 Å². The molecule has 0 unspecified atom stereocenters. The standard InChI is InChI=1S/C17H18.C13H12/c1-3-14-17(2,15-10-6-4-7-11-15)16-12-8-5-9-13-16;1-11-7-9-13(10-8-11)12-5-3-2-4-6-12/h3-13H,1,14H2,2H3;2-10H,1H3. The molecule has 30 heavy (non-hydrogen) atoms. The molecule has 0 bridgehead atoms. The lowest BCUT2D eigenvalue weighted by Crippen LogP contribution is -2.22. The molecule has 0 heteroatoms. The lowest BCUT2D eigenvalue weighted by Gasteiger charge is -2.29. The highest BCUT2D eigenvalue weighted by Crippen LogP contribution is 2.35. The summed E-state index contributed by atoms with van der Waals surface area (Å²) in [6, 6.07) is 40.3.